The predicted octanol–water partition coefficient (Wildman–Crippen LogP) is 2.98. The zero-order valence-corrected chi connectivity index (χ0v) is 11.9. The fourth-order valence-corrected chi connectivity index (χ4v) is 2.80. The molecule has 7 heteroatoms. The number of hydrogen-bond donors (Lipinski definition) is 2. The van der Waals surface area contributed by atoms with Gasteiger partial charge in [0.2, 0.25) is 5.91 Å². The smallest absolute Gasteiger partial charge is 0.369 e. The van der Waals surface area contributed by atoms with Crippen LogP contribution in [0, 0.1) is 11.7 Å². The third kappa shape index (κ3) is 4.19. The van der Waals surface area contributed by atoms with E-state index in [1.807, 2.05) is 0 Å². The molecule has 3 N–H and O–H groups in total. The summed E-state index contributed by atoms with van der Waals surface area (Å²) in [5.41, 5.74) is 4.39. The van der Waals surface area contributed by atoms with Crippen LogP contribution in [-0.2, 0) is 17.5 Å². The van der Waals surface area contributed by atoms with Gasteiger partial charge >= 0.3 is 6.18 Å². The first-order valence-electron chi connectivity index (χ1n) is 7.15. The molecule has 0 spiro atoms. The maximum atomic E-state index is 13.2. The van der Waals surface area contributed by atoms with Gasteiger partial charge in [0.25, 0.3) is 0 Å². The second-order valence-electron chi connectivity index (χ2n) is 5.66. The molecule has 0 bridgehead atoms. The van der Waals surface area contributed by atoms with Crippen molar-refractivity contribution in [1.82, 2.24) is 5.32 Å². The Labute approximate surface area is 125 Å². The SMILES string of the molecule is NC(=O)[C@H]1CCC[C@H](NCc2ccc(F)c(C(F)(F)F)c2)C1. The highest BCUT2D eigenvalue weighted by Gasteiger charge is 2.34. The number of carbonyl (C=O) groups excluding carboxylic acids is 1. The summed E-state index contributed by atoms with van der Waals surface area (Å²) in [6.45, 7) is 0.194. The Bertz CT molecular complexity index is 545. The van der Waals surface area contributed by atoms with Crippen LogP contribution in [0.15, 0.2) is 18.2 Å². The fourth-order valence-electron chi connectivity index (χ4n) is 2.80. The molecule has 2 atom stereocenters. The number of hydrogen-bond acceptors (Lipinski definition) is 2. The summed E-state index contributed by atoms with van der Waals surface area (Å²) >= 11 is 0. The summed E-state index contributed by atoms with van der Waals surface area (Å²) in [6, 6.07) is 3.00. The van der Waals surface area contributed by atoms with Gasteiger partial charge in [-0.1, -0.05) is 12.5 Å². The number of primary amides is 1. The highest BCUT2D eigenvalue weighted by atomic mass is 19.4. The van der Waals surface area contributed by atoms with Crippen LogP contribution in [0.2, 0.25) is 0 Å². The zero-order chi connectivity index (χ0) is 16.3. The number of nitrogens with two attached hydrogens (primary N) is 1. The number of halogens is 4. The Hall–Kier alpha value is -1.63. The summed E-state index contributed by atoms with van der Waals surface area (Å²) in [5, 5.41) is 3.12. The van der Waals surface area contributed by atoms with Crippen LogP contribution in [0.4, 0.5) is 17.6 Å². The summed E-state index contributed by atoms with van der Waals surface area (Å²) in [5.74, 6) is -1.81. The molecule has 0 unspecified atom stereocenters. The van der Waals surface area contributed by atoms with Gasteiger partial charge in [-0.3, -0.25) is 4.79 Å². The van der Waals surface area contributed by atoms with Crippen LogP contribution in [0.1, 0.15) is 36.8 Å². The number of alkyl halides is 3. The first-order chi connectivity index (χ1) is 10.3. The molecule has 1 aliphatic carbocycles. The predicted molar refractivity (Wildman–Crippen MR) is 73.2 cm³/mol. The summed E-state index contributed by atoms with van der Waals surface area (Å²) in [6.07, 6.45) is -1.67. The van der Waals surface area contributed by atoms with Crippen molar-refractivity contribution in [3.63, 3.8) is 0 Å². The van der Waals surface area contributed by atoms with Crippen LogP contribution in [0.5, 0.6) is 0 Å². The van der Waals surface area contributed by atoms with Gasteiger partial charge in [-0.15, -0.1) is 0 Å². The first-order valence-corrected chi connectivity index (χ1v) is 7.15. The summed E-state index contributed by atoms with van der Waals surface area (Å²) < 4.78 is 51.2. The molecule has 1 aromatic rings. The monoisotopic (exact) mass is 318 g/mol. The lowest BCUT2D eigenvalue weighted by Gasteiger charge is -2.28. The van der Waals surface area contributed by atoms with Gasteiger partial charge in [-0.05, 0) is 37.0 Å². The molecule has 22 heavy (non-hydrogen) atoms. The van der Waals surface area contributed by atoms with E-state index in [4.69, 9.17) is 5.73 Å². The minimum absolute atomic E-state index is 0.0330. The average Bonchev–Trinajstić information content (AvgIpc) is 2.45. The first kappa shape index (κ1) is 16.7. The Kier molecular flexibility index (Phi) is 5.05. The van der Waals surface area contributed by atoms with Gasteiger partial charge in [0.1, 0.15) is 5.82 Å². The molecule has 0 aliphatic heterocycles. The number of carbonyl (C=O) groups is 1. The van der Waals surface area contributed by atoms with Crippen LogP contribution in [0.25, 0.3) is 0 Å². The fraction of sp³-hybridized carbons (Fsp3) is 0.533. The molecule has 1 saturated carbocycles. The van der Waals surface area contributed by atoms with Gasteiger partial charge in [0.05, 0.1) is 5.56 Å². The van der Waals surface area contributed by atoms with Crippen molar-refractivity contribution in [2.45, 2.75) is 44.4 Å². The average molecular weight is 318 g/mol. The second kappa shape index (κ2) is 6.64. The van der Waals surface area contributed by atoms with E-state index in [1.165, 1.54) is 6.07 Å². The van der Waals surface area contributed by atoms with Crippen molar-refractivity contribution in [2.24, 2.45) is 11.7 Å². The molecule has 2 rings (SSSR count). The van der Waals surface area contributed by atoms with Crippen LogP contribution in [0.3, 0.4) is 0 Å². The minimum atomic E-state index is -4.71. The van der Waals surface area contributed by atoms with E-state index in [0.29, 0.717) is 12.0 Å². The van der Waals surface area contributed by atoms with E-state index in [1.54, 1.807) is 0 Å². The molecular weight excluding hydrogens is 300 g/mol. The Morgan fingerprint density at radius 2 is 2.05 bits per heavy atom. The molecule has 0 heterocycles. The van der Waals surface area contributed by atoms with Gasteiger partial charge in [0, 0.05) is 18.5 Å². The third-order valence-corrected chi connectivity index (χ3v) is 4.01. The number of nitrogens with one attached hydrogen (secondary N) is 1. The molecule has 0 radical (unpaired) electrons. The van der Waals surface area contributed by atoms with Crippen molar-refractivity contribution in [1.29, 1.82) is 0 Å². The lowest BCUT2D eigenvalue weighted by molar-refractivity contribution is -0.140. The molecule has 1 aromatic carbocycles. The number of rotatable bonds is 4. The van der Waals surface area contributed by atoms with Crippen LogP contribution in [-0.4, -0.2) is 11.9 Å². The normalized spacial score (nSPS) is 22.5. The van der Waals surface area contributed by atoms with E-state index in [0.717, 1.165) is 31.4 Å². The zero-order valence-electron chi connectivity index (χ0n) is 11.9. The van der Waals surface area contributed by atoms with E-state index in [-0.39, 0.29) is 24.4 Å². The topological polar surface area (TPSA) is 55.1 Å². The van der Waals surface area contributed by atoms with E-state index >= 15 is 0 Å². The summed E-state index contributed by atoms with van der Waals surface area (Å²) in [4.78, 5) is 11.2. The van der Waals surface area contributed by atoms with E-state index in [9.17, 15) is 22.4 Å². The molecular formula is C15H18F4N2O. The van der Waals surface area contributed by atoms with Crippen molar-refractivity contribution in [3.8, 4) is 0 Å². The molecule has 1 fully saturated rings. The van der Waals surface area contributed by atoms with Crippen LogP contribution >= 0.6 is 0 Å². The van der Waals surface area contributed by atoms with E-state index in [2.05, 4.69) is 5.32 Å². The Morgan fingerprint density at radius 1 is 1.32 bits per heavy atom. The second-order valence-corrected chi connectivity index (χ2v) is 5.66. The lowest BCUT2D eigenvalue weighted by Crippen LogP contribution is -2.38. The van der Waals surface area contributed by atoms with Gasteiger partial charge < -0.3 is 11.1 Å². The number of amides is 1. The maximum Gasteiger partial charge on any atom is 0.419 e. The van der Waals surface area contributed by atoms with Gasteiger partial charge in [-0.2, -0.15) is 13.2 Å². The van der Waals surface area contributed by atoms with Crippen molar-refractivity contribution in [3.05, 3.63) is 35.1 Å². The van der Waals surface area contributed by atoms with E-state index < -0.39 is 17.6 Å². The lowest BCUT2D eigenvalue weighted by atomic mass is 9.85. The summed E-state index contributed by atoms with van der Waals surface area (Å²) in [7, 11) is 0. The quantitative estimate of drug-likeness (QED) is 0.839. The molecule has 1 aliphatic rings. The van der Waals surface area contributed by atoms with Crippen molar-refractivity contribution >= 4 is 5.91 Å². The standard InChI is InChI=1S/C15H18F4N2O/c16-13-5-4-9(6-12(13)15(17,18)19)8-21-11-3-1-2-10(7-11)14(20)22/h4-6,10-11,21H,1-3,7-8H2,(H2,20,22)/t10-,11-/m0/s1. The largest absolute Gasteiger partial charge is 0.419 e. The third-order valence-electron chi connectivity index (χ3n) is 4.01. The molecule has 0 saturated heterocycles. The highest BCUT2D eigenvalue weighted by molar-refractivity contribution is 5.76. The van der Waals surface area contributed by atoms with Crippen molar-refractivity contribution in [2.75, 3.05) is 0 Å². The van der Waals surface area contributed by atoms with Crippen molar-refractivity contribution < 1.29 is 22.4 Å². The molecule has 0 aromatic heterocycles. The number of benzene rings is 1. The highest BCUT2D eigenvalue weighted by Crippen LogP contribution is 2.32. The van der Waals surface area contributed by atoms with Gasteiger partial charge in [-0.25, -0.2) is 4.39 Å². The van der Waals surface area contributed by atoms with Gasteiger partial charge in [0.15, 0.2) is 0 Å². The molecule has 122 valence electrons. The Balaban J connectivity index is 1.98. The molecule has 3 nitrogen and oxygen atoms in total. The Morgan fingerprint density at radius 3 is 2.68 bits per heavy atom. The molecule has 1 amide bonds. The maximum absolute atomic E-state index is 13.2. The minimum Gasteiger partial charge on any atom is -0.369 e. The van der Waals surface area contributed by atoms with Crippen LogP contribution < -0.4 is 11.1 Å².